The van der Waals surface area contributed by atoms with Gasteiger partial charge in [0, 0.05) is 28.8 Å². The van der Waals surface area contributed by atoms with Crippen molar-refractivity contribution in [3.63, 3.8) is 0 Å². The fourth-order valence-corrected chi connectivity index (χ4v) is 3.55. The zero-order valence-electron chi connectivity index (χ0n) is 12.4. The van der Waals surface area contributed by atoms with E-state index in [2.05, 4.69) is 10.6 Å². The van der Waals surface area contributed by atoms with E-state index in [0.29, 0.717) is 6.42 Å². The van der Waals surface area contributed by atoms with Crippen molar-refractivity contribution in [3.8, 4) is 10.4 Å². The molecule has 4 nitrogen and oxygen atoms in total. The van der Waals surface area contributed by atoms with Crippen LogP contribution in [-0.2, 0) is 0 Å². The van der Waals surface area contributed by atoms with Gasteiger partial charge in [-0.1, -0.05) is 24.3 Å². The lowest BCUT2D eigenvalue weighted by atomic mass is 10.1. The monoisotopic (exact) mass is 336 g/mol. The van der Waals surface area contributed by atoms with E-state index < -0.39 is 0 Å². The Balaban J connectivity index is 2.05. The van der Waals surface area contributed by atoms with Gasteiger partial charge in [0.15, 0.2) is 0 Å². The first-order valence-electron chi connectivity index (χ1n) is 7.04. The summed E-state index contributed by atoms with van der Waals surface area (Å²) in [6.45, 7) is 0.0668. The lowest BCUT2D eigenvalue weighted by Gasteiger charge is -2.18. The van der Waals surface area contributed by atoms with Gasteiger partial charge in [0.05, 0.1) is 5.69 Å². The number of benzene rings is 1. The molecule has 2 rings (SSSR count). The number of thiophene rings is 1. The summed E-state index contributed by atoms with van der Waals surface area (Å²) in [4.78, 5) is 13.3. The molecule has 0 bridgehead atoms. The van der Waals surface area contributed by atoms with Crippen LogP contribution in [0.15, 0.2) is 41.8 Å². The van der Waals surface area contributed by atoms with Gasteiger partial charge in [-0.3, -0.25) is 0 Å². The molecule has 0 aliphatic rings. The number of hydrogen-bond donors (Lipinski definition) is 3. The molecule has 6 heteroatoms. The number of amides is 2. The van der Waals surface area contributed by atoms with Gasteiger partial charge in [-0.2, -0.15) is 11.8 Å². The first-order chi connectivity index (χ1) is 10.7. The molecule has 118 valence electrons. The summed E-state index contributed by atoms with van der Waals surface area (Å²) in [6.07, 6.45) is 2.54. The fourth-order valence-electron chi connectivity index (χ4n) is 2.14. The van der Waals surface area contributed by atoms with E-state index in [4.69, 9.17) is 5.11 Å². The fraction of sp³-hybridized carbons (Fsp3) is 0.312. The SMILES string of the molecule is CSCC(CCO)NC(=O)Nc1ccccc1-c1cccs1. The number of carbonyl (C=O) groups excluding carboxylic acids is 1. The molecule has 0 spiro atoms. The summed E-state index contributed by atoms with van der Waals surface area (Å²) in [6, 6.07) is 11.5. The van der Waals surface area contributed by atoms with Crippen LogP contribution in [0.2, 0.25) is 0 Å². The number of carbonyl (C=O) groups is 1. The summed E-state index contributed by atoms with van der Waals surface area (Å²) < 4.78 is 0. The zero-order valence-corrected chi connectivity index (χ0v) is 14.0. The minimum Gasteiger partial charge on any atom is -0.396 e. The number of anilines is 1. The van der Waals surface area contributed by atoms with E-state index in [9.17, 15) is 4.79 Å². The maximum atomic E-state index is 12.2. The Labute approximate surface area is 138 Å². The molecule has 0 aliphatic heterocycles. The zero-order chi connectivity index (χ0) is 15.8. The quantitative estimate of drug-likeness (QED) is 0.723. The van der Waals surface area contributed by atoms with Crippen molar-refractivity contribution >= 4 is 34.8 Å². The van der Waals surface area contributed by atoms with Crippen molar-refractivity contribution in [3.05, 3.63) is 41.8 Å². The van der Waals surface area contributed by atoms with Gasteiger partial charge in [-0.05, 0) is 30.2 Å². The molecule has 0 radical (unpaired) electrons. The summed E-state index contributed by atoms with van der Waals surface area (Å²) in [5, 5.41) is 16.9. The summed E-state index contributed by atoms with van der Waals surface area (Å²) in [5.41, 5.74) is 1.80. The molecular weight excluding hydrogens is 316 g/mol. The van der Waals surface area contributed by atoms with Crippen molar-refractivity contribution in [1.29, 1.82) is 0 Å². The number of rotatable bonds is 7. The Bertz CT molecular complexity index is 582. The standard InChI is InChI=1S/C16H20N2O2S2/c1-21-11-12(8-9-19)17-16(20)18-14-6-3-2-5-13(14)15-7-4-10-22-15/h2-7,10,12,19H,8-9,11H2,1H3,(H2,17,18,20). The largest absolute Gasteiger partial charge is 0.396 e. The molecule has 3 N–H and O–H groups in total. The van der Waals surface area contributed by atoms with Gasteiger partial charge >= 0.3 is 6.03 Å². The highest BCUT2D eigenvalue weighted by molar-refractivity contribution is 7.98. The third kappa shape index (κ3) is 4.76. The van der Waals surface area contributed by atoms with Crippen LogP contribution in [0.4, 0.5) is 10.5 Å². The Morgan fingerprint density at radius 1 is 1.32 bits per heavy atom. The van der Waals surface area contributed by atoms with E-state index in [1.54, 1.807) is 23.1 Å². The number of urea groups is 1. The highest BCUT2D eigenvalue weighted by Gasteiger charge is 2.13. The maximum absolute atomic E-state index is 12.2. The molecule has 22 heavy (non-hydrogen) atoms. The molecule has 2 amide bonds. The van der Waals surface area contributed by atoms with Gasteiger partial charge < -0.3 is 15.7 Å². The van der Waals surface area contributed by atoms with Crippen LogP contribution in [0, 0.1) is 0 Å². The third-order valence-corrected chi connectivity index (χ3v) is 4.78. The summed E-state index contributed by atoms with van der Waals surface area (Å²) >= 11 is 3.29. The second-order valence-electron chi connectivity index (χ2n) is 4.79. The molecule has 0 fully saturated rings. The smallest absolute Gasteiger partial charge is 0.319 e. The second kappa shape index (κ2) is 8.82. The van der Waals surface area contributed by atoms with Crippen LogP contribution in [0.1, 0.15) is 6.42 Å². The van der Waals surface area contributed by atoms with Crippen LogP contribution < -0.4 is 10.6 Å². The van der Waals surface area contributed by atoms with Crippen molar-refractivity contribution < 1.29 is 9.90 Å². The molecule has 1 aromatic carbocycles. The number of aliphatic hydroxyl groups excluding tert-OH is 1. The third-order valence-electron chi connectivity index (χ3n) is 3.14. The average molecular weight is 336 g/mol. The number of hydrogen-bond acceptors (Lipinski definition) is 4. The van der Waals surface area contributed by atoms with E-state index in [0.717, 1.165) is 21.9 Å². The maximum Gasteiger partial charge on any atom is 0.319 e. The minimum absolute atomic E-state index is 0.0334. The minimum atomic E-state index is -0.239. The molecule has 1 unspecified atom stereocenters. The first kappa shape index (κ1) is 16.9. The van der Waals surface area contributed by atoms with Crippen LogP contribution >= 0.6 is 23.1 Å². The van der Waals surface area contributed by atoms with E-state index in [1.807, 2.05) is 48.0 Å². The molecular formula is C16H20N2O2S2. The van der Waals surface area contributed by atoms with Crippen LogP contribution in [0.3, 0.4) is 0 Å². The van der Waals surface area contributed by atoms with Gasteiger partial charge in [-0.25, -0.2) is 4.79 Å². The van der Waals surface area contributed by atoms with Crippen molar-refractivity contribution in [2.45, 2.75) is 12.5 Å². The molecule has 1 aromatic heterocycles. The van der Waals surface area contributed by atoms with Crippen LogP contribution in [-0.4, -0.2) is 35.8 Å². The number of para-hydroxylation sites is 1. The van der Waals surface area contributed by atoms with Crippen molar-refractivity contribution in [1.82, 2.24) is 5.32 Å². The number of aliphatic hydroxyl groups is 1. The molecule has 0 saturated heterocycles. The number of thioether (sulfide) groups is 1. The predicted octanol–water partition coefficient (Wildman–Crippen LogP) is 3.65. The Morgan fingerprint density at radius 3 is 2.82 bits per heavy atom. The average Bonchev–Trinajstić information content (AvgIpc) is 3.02. The van der Waals surface area contributed by atoms with Gasteiger partial charge in [0.25, 0.3) is 0 Å². The second-order valence-corrected chi connectivity index (χ2v) is 6.64. The van der Waals surface area contributed by atoms with E-state index in [1.165, 1.54) is 0 Å². The lowest BCUT2D eigenvalue weighted by molar-refractivity contribution is 0.241. The highest BCUT2D eigenvalue weighted by atomic mass is 32.2. The van der Waals surface area contributed by atoms with E-state index in [-0.39, 0.29) is 18.7 Å². The highest BCUT2D eigenvalue weighted by Crippen LogP contribution is 2.31. The lowest BCUT2D eigenvalue weighted by Crippen LogP contribution is -2.40. The Kier molecular flexibility index (Phi) is 6.76. The predicted molar refractivity (Wildman–Crippen MR) is 95.8 cm³/mol. The molecule has 1 atom stereocenters. The van der Waals surface area contributed by atoms with Crippen LogP contribution in [0.5, 0.6) is 0 Å². The molecule has 2 aromatic rings. The van der Waals surface area contributed by atoms with Crippen molar-refractivity contribution in [2.75, 3.05) is 23.9 Å². The van der Waals surface area contributed by atoms with E-state index >= 15 is 0 Å². The topological polar surface area (TPSA) is 61.4 Å². The van der Waals surface area contributed by atoms with Gasteiger partial charge in [-0.15, -0.1) is 11.3 Å². The first-order valence-corrected chi connectivity index (χ1v) is 9.32. The summed E-state index contributed by atoms with van der Waals surface area (Å²) in [7, 11) is 0. The van der Waals surface area contributed by atoms with Crippen molar-refractivity contribution in [2.24, 2.45) is 0 Å². The molecule has 0 aliphatic carbocycles. The summed E-state index contributed by atoms with van der Waals surface area (Å²) in [5.74, 6) is 0.778. The number of nitrogens with one attached hydrogen (secondary N) is 2. The van der Waals surface area contributed by atoms with Crippen LogP contribution in [0.25, 0.3) is 10.4 Å². The molecule has 0 saturated carbocycles. The normalized spacial score (nSPS) is 11.9. The Hall–Kier alpha value is -1.50. The molecule has 1 heterocycles. The van der Waals surface area contributed by atoms with Gasteiger partial charge in [0.2, 0.25) is 0 Å². The van der Waals surface area contributed by atoms with Gasteiger partial charge in [0.1, 0.15) is 0 Å². The Morgan fingerprint density at radius 2 is 2.14 bits per heavy atom.